The predicted octanol–water partition coefficient (Wildman–Crippen LogP) is 2.15. The van der Waals surface area contributed by atoms with Crippen LogP contribution in [0, 0.1) is 11.3 Å². The van der Waals surface area contributed by atoms with Crippen LogP contribution in [0.25, 0.3) is 0 Å². The van der Waals surface area contributed by atoms with Crippen molar-refractivity contribution >= 4 is 11.5 Å². The van der Waals surface area contributed by atoms with Crippen LogP contribution in [0.15, 0.2) is 18.2 Å². The number of rotatable bonds is 4. The molecule has 0 unspecified atom stereocenters. The first-order valence-corrected chi connectivity index (χ1v) is 6.82. The molecule has 0 spiro atoms. The molecule has 21 heavy (non-hydrogen) atoms. The van der Waals surface area contributed by atoms with Gasteiger partial charge in [-0.3, -0.25) is 9.69 Å². The minimum atomic E-state index is -2.33. The second-order valence-corrected chi connectivity index (χ2v) is 5.08. The van der Waals surface area contributed by atoms with E-state index in [1.807, 2.05) is 4.90 Å². The second kappa shape index (κ2) is 6.64. The zero-order valence-corrected chi connectivity index (χ0v) is 11.9. The summed E-state index contributed by atoms with van der Waals surface area (Å²) in [7, 11) is 0. The number of ketones is 1. The van der Waals surface area contributed by atoms with Crippen LogP contribution in [0.3, 0.4) is 0 Å². The van der Waals surface area contributed by atoms with E-state index in [9.17, 15) is 18.8 Å². The van der Waals surface area contributed by atoms with Gasteiger partial charge in [0.1, 0.15) is 6.07 Å². The Balaban J connectivity index is 2.14. The molecule has 6 heteroatoms. The van der Waals surface area contributed by atoms with Gasteiger partial charge in [-0.05, 0) is 25.1 Å². The Labute approximate surface area is 122 Å². The van der Waals surface area contributed by atoms with Crippen LogP contribution in [-0.4, -0.2) is 49.8 Å². The summed E-state index contributed by atoms with van der Waals surface area (Å²) in [4.78, 5) is 15.1. The van der Waals surface area contributed by atoms with Gasteiger partial charge in [-0.1, -0.05) is 0 Å². The molecule has 1 aromatic rings. The Hall–Kier alpha value is -2.00. The number of hydrogen-bond acceptors (Lipinski definition) is 4. The minimum absolute atomic E-state index is 0.0583. The van der Waals surface area contributed by atoms with Gasteiger partial charge in [0.2, 0.25) is 0 Å². The lowest BCUT2D eigenvalue weighted by atomic mass is 10.1. The highest BCUT2D eigenvalue weighted by molar-refractivity contribution is 5.95. The first-order chi connectivity index (χ1) is 10.0. The van der Waals surface area contributed by atoms with Gasteiger partial charge in [-0.25, -0.2) is 8.78 Å². The van der Waals surface area contributed by atoms with Gasteiger partial charge < -0.3 is 4.90 Å². The molecule has 1 saturated heterocycles. The lowest BCUT2D eigenvalue weighted by molar-refractivity contribution is 0.0854. The SMILES string of the molecule is CC(=O)c1ccc(C#N)c(N2CCN(CC(F)F)CC2)c1. The average molecular weight is 293 g/mol. The van der Waals surface area contributed by atoms with Crippen LogP contribution in [0.1, 0.15) is 22.8 Å². The molecule has 0 bridgehead atoms. The number of nitrogens with zero attached hydrogens (tertiary/aromatic N) is 3. The van der Waals surface area contributed by atoms with E-state index in [0.717, 1.165) is 0 Å². The molecule has 0 saturated carbocycles. The maximum absolute atomic E-state index is 12.4. The quantitative estimate of drug-likeness (QED) is 0.798. The van der Waals surface area contributed by atoms with Crippen molar-refractivity contribution in [2.24, 2.45) is 0 Å². The molecule has 4 nitrogen and oxygen atoms in total. The number of hydrogen-bond donors (Lipinski definition) is 0. The third-order valence-corrected chi connectivity index (χ3v) is 3.63. The van der Waals surface area contributed by atoms with E-state index in [4.69, 9.17) is 0 Å². The van der Waals surface area contributed by atoms with Crippen LogP contribution in [0.4, 0.5) is 14.5 Å². The molecule has 0 N–H and O–H groups in total. The Kier molecular flexibility index (Phi) is 4.86. The van der Waals surface area contributed by atoms with Gasteiger partial charge in [0.25, 0.3) is 6.43 Å². The summed E-state index contributed by atoms with van der Waals surface area (Å²) < 4.78 is 24.7. The van der Waals surface area contributed by atoms with E-state index >= 15 is 0 Å². The van der Waals surface area contributed by atoms with Crippen LogP contribution in [-0.2, 0) is 0 Å². The highest BCUT2D eigenvalue weighted by Crippen LogP contribution is 2.23. The first-order valence-electron chi connectivity index (χ1n) is 6.82. The van der Waals surface area contributed by atoms with Gasteiger partial charge in [-0.2, -0.15) is 5.26 Å². The smallest absolute Gasteiger partial charge is 0.251 e. The van der Waals surface area contributed by atoms with E-state index in [1.54, 1.807) is 23.1 Å². The van der Waals surface area contributed by atoms with Crippen molar-refractivity contribution in [3.63, 3.8) is 0 Å². The van der Waals surface area contributed by atoms with Crippen LogP contribution in [0.2, 0.25) is 0 Å². The first kappa shape index (κ1) is 15.4. The van der Waals surface area contributed by atoms with Crippen molar-refractivity contribution in [1.82, 2.24) is 4.90 Å². The Morgan fingerprint density at radius 1 is 1.33 bits per heavy atom. The van der Waals surface area contributed by atoms with E-state index in [0.29, 0.717) is 43.0 Å². The zero-order chi connectivity index (χ0) is 15.4. The molecule has 1 aliphatic rings. The molecule has 0 atom stereocenters. The number of benzene rings is 1. The zero-order valence-electron chi connectivity index (χ0n) is 11.9. The number of anilines is 1. The van der Waals surface area contributed by atoms with Gasteiger partial charge in [-0.15, -0.1) is 0 Å². The van der Waals surface area contributed by atoms with Crippen molar-refractivity contribution in [3.05, 3.63) is 29.3 Å². The van der Waals surface area contributed by atoms with Crippen molar-refractivity contribution in [2.75, 3.05) is 37.6 Å². The highest BCUT2D eigenvalue weighted by atomic mass is 19.3. The molecule has 0 radical (unpaired) electrons. The minimum Gasteiger partial charge on any atom is -0.368 e. The summed E-state index contributed by atoms with van der Waals surface area (Å²) in [5, 5.41) is 9.18. The fourth-order valence-electron chi connectivity index (χ4n) is 2.47. The summed E-state index contributed by atoms with van der Waals surface area (Å²) in [6.45, 7) is 3.46. The Morgan fingerprint density at radius 3 is 2.52 bits per heavy atom. The largest absolute Gasteiger partial charge is 0.368 e. The molecule has 1 fully saturated rings. The molecule has 0 aliphatic carbocycles. The van der Waals surface area contributed by atoms with E-state index in [-0.39, 0.29) is 12.3 Å². The number of Topliss-reactive ketones (excluding diaryl/α,β-unsaturated/α-hetero) is 1. The van der Waals surface area contributed by atoms with Crippen LogP contribution >= 0.6 is 0 Å². The number of piperazine rings is 1. The summed E-state index contributed by atoms with van der Waals surface area (Å²) >= 11 is 0. The van der Waals surface area contributed by atoms with Crippen LogP contribution in [0.5, 0.6) is 0 Å². The monoisotopic (exact) mass is 293 g/mol. The molecule has 2 rings (SSSR count). The van der Waals surface area contributed by atoms with Crippen molar-refractivity contribution in [2.45, 2.75) is 13.3 Å². The molecule has 1 aliphatic heterocycles. The Morgan fingerprint density at radius 2 is 2.00 bits per heavy atom. The van der Waals surface area contributed by atoms with Gasteiger partial charge in [0.15, 0.2) is 5.78 Å². The van der Waals surface area contributed by atoms with Crippen molar-refractivity contribution in [3.8, 4) is 6.07 Å². The molecule has 1 aromatic carbocycles. The number of carbonyl (C=O) groups is 1. The summed E-state index contributed by atoms with van der Waals surface area (Å²) in [6, 6.07) is 7.10. The topological polar surface area (TPSA) is 47.3 Å². The summed E-state index contributed by atoms with van der Waals surface area (Å²) in [5.74, 6) is -0.0583. The lowest BCUT2D eigenvalue weighted by Gasteiger charge is -2.36. The summed E-state index contributed by atoms with van der Waals surface area (Å²) in [5.41, 5.74) is 1.77. The van der Waals surface area contributed by atoms with Crippen molar-refractivity contribution in [1.29, 1.82) is 5.26 Å². The fraction of sp³-hybridized carbons (Fsp3) is 0.467. The number of alkyl halides is 2. The van der Waals surface area contributed by atoms with E-state index < -0.39 is 6.43 Å². The van der Waals surface area contributed by atoms with Gasteiger partial charge in [0.05, 0.1) is 17.8 Å². The number of carbonyl (C=O) groups excluding carboxylic acids is 1. The fourth-order valence-corrected chi connectivity index (χ4v) is 2.47. The van der Waals surface area contributed by atoms with Gasteiger partial charge >= 0.3 is 0 Å². The standard InChI is InChI=1S/C15H17F2N3O/c1-11(21)12-2-3-13(9-18)14(8-12)20-6-4-19(5-7-20)10-15(16)17/h2-3,8,15H,4-7,10H2,1H3. The van der Waals surface area contributed by atoms with E-state index in [1.165, 1.54) is 6.92 Å². The molecule has 112 valence electrons. The highest BCUT2D eigenvalue weighted by Gasteiger charge is 2.21. The third-order valence-electron chi connectivity index (χ3n) is 3.63. The van der Waals surface area contributed by atoms with Crippen LogP contribution < -0.4 is 4.90 Å². The van der Waals surface area contributed by atoms with Crippen molar-refractivity contribution < 1.29 is 13.6 Å². The maximum atomic E-state index is 12.4. The second-order valence-electron chi connectivity index (χ2n) is 5.08. The third kappa shape index (κ3) is 3.76. The molecular weight excluding hydrogens is 276 g/mol. The molecular formula is C15H17F2N3O. The summed E-state index contributed by atoms with van der Waals surface area (Å²) in [6.07, 6.45) is -2.33. The normalized spacial score (nSPS) is 16.0. The Bertz CT molecular complexity index is 561. The molecule has 0 amide bonds. The number of nitriles is 1. The maximum Gasteiger partial charge on any atom is 0.251 e. The average Bonchev–Trinajstić information content (AvgIpc) is 2.46. The molecule has 1 heterocycles. The lowest BCUT2D eigenvalue weighted by Crippen LogP contribution is -2.48. The van der Waals surface area contributed by atoms with Gasteiger partial charge in [0, 0.05) is 31.7 Å². The van der Waals surface area contributed by atoms with E-state index in [2.05, 4.69) is 6.07 Å². The predicted molar refractivity (Wildman–Crippen MR) is 75.8 cm³/mol. The molecule has 0 aromatic heterocycles. The number of halogens is 2.